The fourth-order valence-electron chi connectivity index (χ4n) is 1.64. The lowest BCUT2D eigenvalue weighted by molar-refractivity contribution is 0.0700. The molecule has 0 aliphatic rings. The summed E-state index contributed by atoms with van der Waals surface area (Å²) in [6, 6.07) is 10.1. The maximum atomic E-state index is 5.57. The van der Waals surface area contributed by atoms with E-state index in [0.29, 0.717) is 13.2 Å². The first-order valence-corrected chi connectivity index (χ1v) is 6.67. The van der Waals surface area contributed by atoms with Crippen LogP contribution in [0.15, 0.2) is 42.7 Å². The number of hydrogen-bond donors (Lipinski definition) is 0. The first-order valence-electron chi connectivity index (χ1n) is 6.67. The number of hydrogen-bond acceptors (Lipinski definition) is 3. The molecule has 0 N–H and O–H groups in total. The van der Waals surface area contributed by atoms with Gasteiger partial charge in [-0.1, -0.05) is 37.6 Å². The fraction of sp³-hybridized carbons (Fsp3) is 0.400. The van der Waals surface area contributed by atoms with Gasteiger partial charge in [0.05, 0.1) is 19.0 Å². The summed E-state index contributed by atoms with van der Waals surface area (Å²) in [7, 11) is 0. The highest BCUT2D eigenvalue weighted by Gasteiger charge is 1.97. The predicted octanol–water partition coefficient (Wildman–Crippen LogP) is 2.83. The van der Waals surface area contributed by atoms with Gasteiger partial charge >= 0.3 is 0 Å². The van der Waals surface area contributed by atoms with Crippen molar-refractivity contribution in [2.24, 2.45) is 0 Å². The van der Waals surface area contributed by atoms with Crippen LogP contribution in [-0.4, -0.2) is 16.6 Å². The van der Waals surface area contributed by atoms with Crippen LogP contribution >= 0.6 is 0 Å². The molecule has 0 saturated heterocycles. The van der Waals surface area contributed by atoms with E-state index in [1.807, 2.05) is 6.07 Å². The number of unbranched alkanes of at least 4 members (excludes halogenated alkanes) is 1. The number of rotatable bonds is 8. The van der Waals surface area contributed by atoms with Crippen LogP contribution in [0.4, 0.5) is 0 Å². The normalized spacial score (nSPS) is 10.6. The Morgan fingerprint density at radius 3 is 2.47 bits per heavy atom. The van der Waals surface area contributed by atoms with Crippen molar-refractivity contribution in [1.82, 2.24) is 9.94 Å². The van der Waals surface area contributed by atoms with Gasteiger partial charge in [0.25, 0.3) is 0 Å². The van der Waals surface area contributed by atoms with Crippen LogP contribution in [0.3, 0.4) is 0 Å². The van der Waals surface area contributed by atoms with E-state index >= 15 is 0 Å². The van der Waals surface area contributed by atoms with Crippen molar-refractivity contribution in [2.45, 2.75) is 33.0 Å². The van der Waals surface area contributed by atoms with Gasteiger partial charge in [-0.15, -0.1) is 9.94 Å². The molecule has 0 aliphatic carbocycles. The standard InChI is InChI=1S/C15H20N2O2/c1-2-3-11-18-12-14-5-7-15(8-6-14)13-19-17-10-4-9-16-17/h4-10H,2-3,11-13H2,1H3. The maximum Gasteiger partial charge on any atom is 0.142 e. The van der Waals surface area contributed by atoms with Crippen LogP contribution in [0, 0.1) is 0 Å². The monoisotopic (exact) mass is 260 g/mol. The van der Waals surface area contributed by atoms with Crippen LogP contribution in [-0.2, 0) is 18.0 Å². The minimum atomic E-state index is 0.513. The fourth-order valence-corrected chi connectivity index (χ4v) is 1.64. The molecule has 0 saturated carbocycles. The third-order valence-corrected chi connectivity index (χ3v) is 2.78. The van der Waals surface area contributed by atoms with E-state index in [-0.39, 0.29) is 0 Å². The average Bonchev–Trinajstić information content (AvgIpc) is 2.96. The summed E-state index contributed by atoms with van der Waals surface area (Å²) in [6.45, 7) is 4.19. The van der Waals surface area contributed by atoms with E-state index in [0.717, 1.165) is 18.6 Å². The van der Waals surface area contributed by atoms with Crippen LogP contribution in [0.25, 0.3) is 0 Å². The minimum Gasteiger partial charge on any atom is -0.392 e. The van der Waals surface area contributed by atoms with E-state index in [2.05, 4.69) is 36.3 Å². The Bertz CT molecular complexity index is 452. The first kappa shape index (κ1) is 13.6. The smallest absolute Gasteiger partial charge is 0.142 e. The molecular weight excluding hydrogens is 240 g/mol. The molecule has 4 heteroatoms. The highest BCUT2D eigenvalue weighted by atomic mass is 16.7. The van der Waals surface area contributed by atoms with E-state index in [9.17, 15) is 0 Å². The van der Waals surface area contributed by atoms with E-state index in [1.165, 1.54) is 16.8 Å². The van der Waals surface area contributed by atoms with Crippen molar-refractivity contribution in [1.29, 1.82) is 0 Å². The summed E-state index contributed by atoms with van der Waals surface area (Å²) in [5.74, 6) is 0. The van der Waals surface area contributed by atoms with E-state index < -0.39 is 0 Å². The van der Waals surface area contributed by atoms with Gasteiger partial charge in [-0.3, -0.25) is 0 Å². The lowest BCUT2D eigenvalue weighted by Crippen LogP contribution is -2.11. The predicted molar refractivity (Wildman–Crippen MR) is 73.5 cm³/mol. The van der Waals surface area contributed by atoms with Crippen LogP contribution in [0.5, 0.6) is 0 Å². The Morgan fingerprint density at radius 1 is 1.11 bits per heavy atom. The summed E-state index contributed by atoms with van der Waals surface area (Å²) < 4.78 is 5.57. The molecule has 0 radical (unpaired) electrons. The second kappa shape index (κ2) is 7.59. The molecule has 2 rings (SSSR count). The Kier molecular flexibility index (Phi) is 5.44. The zero-order chi connectivity index (χ0) is 13.3. The Morgan fingerprint density at radius 2 is 1.84 bits per heavy atom. The van der Waals surface area contributed by atoms with Crippen molar-refractivity contribution in [3.05, 3.63) is 53.9 Å². The molecule has 0 spiro atoms. The Labute approximate surface area is 113 Å². The number of ether oxygens (including phenoxy) is 1. The van der Waals surface area contributed by atoms with Crippen molar-refractivity contribution in [2.75, 3.05) is 6.61 Å². The zero-order valence-corrected chi connectivity index (χ0v) is 11.3. The van der Waals surface area contributed by atoms with Crippen LogP contribution < -0.4 is 4.84 Å². The van der Waals surface area contributed by atoms with Gasteiger partial charge in [0.1, 0.15) is 6.61 Å². The summed E-state index contributed by atoms with van der Waals surface area (Å²) in [5.41, 5.74) is 2.31. The van der Waals surface area contributed by atoms with E-state index in [1.54, 1.807) is 12.4 Å². The van der Waals surface area contributed by atoms with Crippen molar-refractivity contribution < 1.29 is 9.57 Å². The molecule has 0 amide bonds. The molecule has 0 atom stereocenters. The highest BCUT2D eigenvalue weighted by molar-refractivity contribution is 5.21. The van der Waals surface area contributed by atoms with Gasteiger partial charge in [0.2, 0.25) is 0 Å². The van der Waals surface area contributed by atoms with Gasteiger partial charge in [0, 0.05) is 6.61 Å². The SMILES string of the molecule is CCCCOCc1ccc(COn2cccn2)cc1. The number of aromatic nitrogens is 2. The molecule has 102 valence electrons. The van der Waals surface area contributed by atoms with Crippen LogP contribution in [0.2, 0.25) is 0 Å². The number of benzene rings is 1. The molecule has 0 bridgehead atoms. The van der Waals surface area contributed by atoms with Gasteiger partial charge in [-0.25, -0.2) is 0 Å². The van der Waals surface area contributed by atoms with Gasteiger partial charge in [-0.05, 0) is 23.6 Å². The van der Waals surface area contributed by atoms with Crippen molar-refractivity contribution in [3.63, 3.8) is 0 Å². The summed E-state index contributed by atoms with van der Waals surface area (Å²) in [5, 5.41) is 3.98. The minimum absolute atomic E-state index is 0.513. The first-order chi connectivity index (χ1) is 9.38. The summed E-state index contributed by atoms with van der Waals surface area (Å²) in [6.07, 6.45) is 5.76. The molecule has 1 aromatic carbocycles. The Hall–Kier alpha value is -1.81. The van der Waals surface area contributed by atoms with Crippen molar-refractivity contribution >= 4 is 0 Å². The second-order valence-electron chi connectivity index (χ2n) is 4.40. The highest BCUT2D eigenvalue weighted by Crippen LogP contribution is 2.06. The third-order valence-electron chi connectivity index (χ3n) is 2.78. The molecule has 0 aliphatic heterocycles. The second-order valence-corrected chi connectivity index (χ2v) is 4.40. The Balaban J connectivity index is 1.74. The van der Waals surface area contributed by atoms with Crippen LogP contribution in [0.1, 0.15) is 30.9 Å². The molecule has 19 heavy (non-hydrogen) atoms. The summed E-state index contributed by atoms with van der Waals surface area (Å²) in [4.78, 5) is 6.92. The molecule has 2 aromatic rings. The van der Waals surface area contributed by atoms with E-state index in [4.69, 9.17) is 9.57 Å². The molecule has 4 nitrogen and oxygen atoms in total. The maximum absolute atomic E-state index is 5.57. The number of nitrogens with zero attached hydrogens (tertiary/aromatic N) is 2. The molecule has 0 unspecified atom stereocenters. The quantitative estimate of drug-likeness (QED) is 0.685. The largest absolute Gasteiger partial charge is 0.392 e. The van der Waals surface area contributed by atoms with Crippen molar-refractivity contribution in [3.8, 4) is 0 Å². The lowest BCUT2D eigenvalue weighted by Gasteiger charge is -2.07. The van der Waals surface area contributed by atoms with Gasteiger partial charge < -0.3 is 9.57 Å². The molecule has 0 fully saturated rings. The topological polar surface area (TPSA) is 36.3 Å². The van der Waals surface area contributed by atoms with Gasteiger partial charge in [0.15, 0.2) is 0 Å². The zero-order valence-electron chi connectivity index (χ0n) is 11.3. The molecular formula is C15H20N2O2. The third kappa shape index (κ3) is 4.75. The molecule has 1 heterocycles. The lowest BCUT2D eigenvalue weighted by atomic mass is 10.1. The molecule has 1 aromatic heterocycles. The summed E-state index contributed by atoms with van der Waals surface area (Å²) >= 11 is 0. The average molecular weight is 260 g/mol. The van der Waals surface area contributed by atoms with Gasteiger partial charge in [-0.2, -0.15) is 0 Å².